The van der Waals surface area contributed by atoms with E-state index in [2.05, 4.69) is 0 Å². The van der Waals surface area contributed by atoms with E-state index >= 15 is 0 Å². The lowest BCUT2D eigenvalue weighted by Gasteiger charge is -2.30. The van der Waals surface area contributed by atoms with E-state index in [9.17, 15) is 4.79 Å². The molecule has 3 aliphatic rings. The fraction of sp³-hybridized carbons (Fsp3) is 0.867. The van der Waals surface area contributed by atoms with Crippen molar-refractivity contribution in [1.82, 2.24) is 4.90 Å². The highest BCUT2D eigenvalue weighted by molar-refractivity contribution is 6.00. The van der Waals surface area contributed by atoms with Crippen molar-refractivity contribution in [3.63, 3.8) is 0 Å². The Kier molecular flexibility index (Phi) is 4.04. The molecule has 0 bridgehead atoms. The molecule has 2 aliphatic carbocycles. The quantitative estimate of drug-likeness (QED) is 0.769. The van der Waals surface area contributed by atoms with Crippen molar-refractivity contribution in [1.29, 1.82) is 0 Å². The molecule has 0 spiro atoms. The minimum atomic E-state index is 0.112. The van der Waals surface area contributed by atoms with Crippen LogP contribution < -0.4 is 0 Å². The van der Waals surface area contributed by atoms with Gasteiger partial charge in [-0.1, -0.05) is 38.5 Å². The molecule has 0 N–H and O–H groups in total. The zero-order chi connectivity index (χ0) is 13.1. The number of ether oxygens (including phenoxy) is 1. The van der Waals surface area contributed by atoms with E-state index in [0.29, 0.717) is 18.1 Å². The number of carbonyl (C=O) groups excluding carboxylic acids is 1. The van der Waals surface area contributed by atoms with Crippen LogP contribution in [0.4, 0.5) is 0 Å². The van der Waals surface area contributed by atoms with Crippen LogP contribution in [0.2, 0.25) is 0 Å². The molecule has 4 nitrogen and oxygen atoms in total. The molecular formula is C15H24N2O2. The Morgan fingerprint density at radius 3 is 2.26 bits per heavy atom. The van der Waals surface area contributed by atoms with Crippen molar-refractivity contribution < 1.29 is 9.53 Å². The maximum absolute atomic E-state index is 12.0. The number of carbonyl (C=O) groups is 1. The summed E-state index contributed by atoms with van der Waals surface area (Å²) in [5.74, 6) is 0.112. The second-order valence-electron chi connectivity index (χ2n) is 6.05. The summed E-state index contributed by atoms with van der Waals surface area (Å²) in [6.45, 7) is 0.196. The molecule has 0 aromatic rings. The predicted octanol–water partition coefficient (Wildman–Crippen LogP) is 2.87. The number of hydrogen-bond acceptors (Lipinski definition) is 3. The van der Waals surface area contributed by atoms with Crippen LogP contribution in [-0.4, -0.2) is 35.5 Å². The van der Waals surface area contributed by atoms with Gasteiger partial charge in [-0.15, -0.1) is 0 Å². The third-order valence-corrected chi connectivity index (χ3v) is 4.61. The minimum Gasteiger partial charge on any atom is -0.455 e. The summed E-state index contributed by atoms with van der Waals surface area (Å²) in [5, 5.41) is 0. The normalized spacial score (nSPS) is 28.9. The molecule has 1 aliphatic heterocycles. The molecule has 2 saturated carbocycles. The van der Waals surface area contributed by atoms with Gasteiger partial charge in [-0.05, 0) is 25.7 Å². The van der Waals surface area contributed by atoms with Gasteiger partial charge in [0.15, 0.2) is 6.61 Å². The minimum absolute atomic E-state index is 0.112. The van der Waals surface area contributed by atoms with Gasteiger partial charge in [0, 0.05) is 6.04 Å². The van der Waals surface area contributed by atoms with Crippen molar-refractivity contribution in [2.75, 3.05) is 6.61 Å². The zero-order valence-electron chi connectivity index (χ0n) is 11.6. The van der Waals surface area contributed by atoms with Crippen molar-refractivity contribution in [3.05, 3.63) is 0 Å². The highest BCUT2D eigenvalue weighted by atomic mass is 16.5. The van der Waals surface area contributed by atoms with E-state index in [0.717, 1.165) is 25.7 Å². The summed E-state index contributed by atoms with van der Waals surface area (Å²) in [7, 11) is 0. The lowest BCUT2D eigenvalue weighted by atomic mass is 9.94. The highest BCUT2D eigenvalue weighted by Crippen LogP contribution is 2.27. The molecule has 0 aromatic heterocycles. The zero-order valence-corrected chi connectivity index (χ0v) is 11.6. The summed E-state index contributed by atoms with van der Waals surface area (Å²) >= 11 is 0. The second-order valence-corrected chi connectivity index (χ2v) is 6.05. The van der Waals surface area contributed by atoms with E-state index in [1.807, 2.05) is 4.90 Å². The largest absolute Gasteiger partial charge is 0.455 e. The summed E-state index contributed by atoms with van der Waals surface area (Å²) < 4.78 is 5.56. The van der Waals surface area contributed by atoms with E-state index in [1.54, 1.807) is 0 Å². The number of amidine groups is 1. The van der Waals surface area contributed by atoms with E-state index in [4.69, 9.17) is 9.73 Å². The average molecular weight is 264 g/mol. The maximum Gasteiger partial charge on any atom is 0.295 e. The highest BCUT2D eigenvalue weighted by Gasteiger charge is 2.36. The van der Waals surface area contributed by atoms with Crippen molar-refractivity contribution in [2.45, 2.75) is 76.3 Å². The van der Waals surface area contributed by atoms with Crippen LogP contribution in [0.3, 0.4) is 0 Å². The molecule has 0 atom stereocenters. The maximum atomic E-state index is 12.0. The molecule has 19 heavy (non-hydrogen) atoms. The molecule has 4 heteroatoms. The molecule has 106 valence electrons. The van der Waals surface area contributed by atoms with Crippen LogP contribution in [-0.2, 0) is 9.53 Å². The predicted molar refractivity (Wildman–Crippen MR) is 74.0 cm³/mol. The van der Waals surface area contributed by atoms with Gasteiger partial charge in [0.05, 0.1) is 6.04 Å². The first-order valence-corrected chi connectivity index (χ1v) is 7.87. The Morgan fingerprint density at radius 2 is 1.58 bits per heavy atom. The van der Waals surface area contributed by atoms with Gasteiger partial charge in [-0.25, -0.2) is 4.99 Å². The smallest absolute Gasteiger partial charge is 0.295 e. The monoisotopic (exact) mass is 264 g/mol. The van der Waals surface area contributed by atoms with Crippen LogP contribution in [0, 0.1) is 0 Å². The first-order valence-electron chi connectivity index (χ1n) is 7.87. The van der Waals surface area contributed by atoms with Gasteiger partial charge < -0.3 is 4.74 Å². The van der Waals surface area contributed by atoms with Crippen LogP contribution in [0.25, 0.3) is 0 Å². The SMILES string of the molecule is O=C1COC(=NC2CCCCC2)N1C1CCCCC1. The van der Waals surface area contributed by atoms with Crippen LogP contribution in [0.5, 0.6) is 0 Å². The van der Waals surface area contributed by atoms with Crippen LogP contribution in [0.15, 0.2) is 4.99 Å². The number of hydrogen-bond donors (Lipinski definition) is 0. The Bertz CT molecular complexity index is 355. The molecule has 0 aromatic carbocycles. The fourth-order valence-corrected chi connectivity index (χ4v) is 3.54. The Labute approximate surface area is 115 Å². The van der Waals surface area contributed by atoms with Gasteiger partial charge in [-0.2, -0.15) is 0 Å². The van der Waals surface area contributed by atoms with Gasteiger partial charge >= 0.3 is 0 Å². The first-order chi connectivity index (χ1) is 9.34. The van der Waals surface area contributed by atoms with Crippen molar-refractivity contribution in [3.8, 4) is 0 Å². The number of amides is 1. The molecule has 1 saturated heterocycles. The van der Waals surface area contributed by atoms with Crippen LogP contribution >= 0.6 is 0 Å². The molecule has 3 rings (SSSR count). The van der Waals surface area contributed by atoms with Gasteiger partial charge in [-0.3, -0.25) is 9.69 Å². The third-order valence-electron chi connectivity index (χ3n) is 4.61. The molecule has 0 unspecified atom stereocenters. The van der Waals surface area contributed by atoms with E-state index < -0.39 is 0 Å². The van der Waals surface area contributed by atoms with Gasteiger partial charge in [0.1, 0.15) is 0 Å². The fourth-order valence-electron chi connectivity index (χ4n) is 3.54. The summed E-state index contributed by atoms with van der Waals surface area (Å²) in [5.41, 5.74) is 0. The molecule has 1 heterocycles. The first kappa shape index (κ1) is 12.9. The molecule has 0 radical (unpaired) electrons. The average Bonchev–Trinajstić information content (AvgIpc) is 2.82. The summed E-state index contributed by atoms with van der Waals surface area (Å²) in [6.07, 6.45) is 12.1. The summed E-state index contributed by atoms with van der Waals surface area (Å²) in [4.78, 5) is 18.7. The standard InChI is InChI=1S/C15H24N2O2/c18-14-11-19-15(16-12-7-3-1-4-8-12)17(14)13-9-5-2-6-10-13/h12-13H,1-11H2. The lowest BCUT2D eigenvalue weighted by molar-refractivity contribution is -0.127. The molecule has 1 amide bonds. The van der Waals surface area contributed by atoms with Crippen molar-refractivity contribution in [2.24, 2.45) is 4.99 Å². The number of nitrogens with zero attached hydrogens (tertiary/aromatic N) is 2. The Balaban J connectivity index is 1.71. The van der Waals surface area contributed by atoms with Gasteiger partial charge in [0.25, 0.3) is 11.9 Å². The molecule has 3 fully saturated rings. The topological polar surface area (TPSA) is 41.9 Å². The second kappa shape index (κ2) is 5.93. The lowest BCUT2D eigenvalue weighted by Crippen LogP contribution is -2.41. The van der Waals surface area contributed by atoms with Gasteiger partial charge in [0.2, 0.25) is 0 Å². The Morgan fingerprint density at radius 1 is 0.947 bits per heavy atom. The third kappa shape index (κ3) is 2.93. The van der Waals surface area contributed by atoms with E-state index in [-0.39, 0.29) is 12.5 Å². The molecular weight excluding hydrogens is 240 g/mol. The van der Waals surface area contributed by atoms with E-state index in [1.165, 1.54) is 38.5 Å². The number of rotatable bonds is 2. The summed E-state index contributed by atoms with van der Waals surface area (Å²) in [6, 6.07) is 1.34. The number of aliphatic imine (C=N–C) groups is 1. The Hall–Kier alpha value is -1.06. The van der Waals surface area contributed by atoms with Crippen LogP contribution in [0.1, 0.15) is 64.2 Å². The van der Waals surface area contributed by atoms with Crippen molar-refractivity contribution >= 4 is 11.9 Å².